The Labute approximate surface area is 85.3 Å². The van der Waals surface area contributed by atoms with E-state index in [1.807, 2.05) is 18.7 Å². The number of piperidine rings is 1. The van der Waals surface area contributed by atoms with Crippen LogP contribution in [0.1, 0.15) is 20.3 Å². The van der Waals surface area contributed by atoms with E-state index in [0.717, 1.165) is 13.0 Å². The van der Waals surface area contributed by atoms with Crippen LogP contribution in [0, 0.1) is 5.92 Å². The van der Waals surface area contributed by atoms with Gasteiger partial charge in [-0.15, -0.1) is 0 Å². The lowest BCUT2D eigenvalue weighted by molar-refractivity contribution is -0.127. The maximum atomic E-state index is 11.4. The number of aliphatic hydroxyl groups is 1. The van der Waals surface area contributed by atoms with Gasteiger partial charge >= 0.3 is 0 Å². The lowest BCUT2D eigenvalue weighted by Gasteiger charge is -2.37. The van der Waals surface area contributed by atoms with Crippen LogP contribution in [0.15, 0.2) is 0 Å². The summed E-state index contributed by atoms with van der Waals surface area (Å²) in [7, 11) is 1.64. The van der Waals surface area contributed by atoms with Crippen molar-refractivity contribution in [3.05, 3.63) is 0 Å². The number of likely N-dealkylation sites (tertiary alicyclic amines) is 1. The Bertz CT molecular complexity index is 208. The van der Waals surface area contributed by atoms with E-state index in [1.165, 1.54) is 0 Å². The van der Waals surface area contributed by atoms with Crippen molar-refractivity contribution in [3.63, 3.8) is 0 Å². The molecule has 1 rings (SSSR count). The van der Waals surface area contributed by atoms with Crippen LogP contribution in [0.25, 0.3) is 0 Å². The van der Waals surface area contributed by atoms with E-state index in [1.54, 1.807) is 7.05 Å². The van der Waals surface area contributed by atoms with E-state index in [2.05, 4.69) is 5.32 Å². The number of rotatable bonds is 2. The Kier molecular flexibility index (Phi) is 3.89. The van der Waals surface area contributed by atoms with Crippen molar-refractivity contribution in [1.82, 2.24) is 10.2 Å². The molecule has 1 aliphatic heterocycles. The third kappa shape index (κ3) is 2.45. The molecule has 0 aromatic heterocycles. The van der Waals surface area contributed by atoms with Crippen LogP contribution in [-0.2, 0) is 4.79 Å². The van der Waals surface area contributed by atoms with Crippen LogP contribution in [-0.4, -0.2) is 48.2 Å². The van der Waals surface area contributed by atoms with Gasteiger partial charge in [0.25, 0.3) is 0 Å². The standard InChI is InChI=1S/C10H20N2O2/c1-7-4-5-12(6-9(7)13)8(2)10(14)11-3/h7-9,13H,4-6H2,1-3H3,(H,11,14). The van der Waals surface area contributed by atoms with Crippen LogP contribution < -0.4 is 5.32 Å². The summed E-state index contributed by atoms with van der Waals surface area (Å²) in [5, 5.41) is 12.3. The predicted molar refractivity (Wildman–Crippen MR) is 54.9 cm³/mol. The second-order valence-corrected chi connectivity index (χ2v) is 4.12. The topological polar surface area (TPSA) is 52.6 Å². The molecule has 1 aliphatic rings. The second kappa shape index (κ2) is 4.75. The highest BCUT2D eigenvalue weighted by molar-refractivity contribution is 5.80. The largest absolute Gasteiger partial charge is 0.392 e. The SMILES string of the molecule is CNC(=O)C(C)N1CCC(C)C(O)C1. The zero-order valence-electron chi connectivity index (χ0n) is 9.16. The highest BCUT2D eigenvalue weighted by Crippen LogP contribution is 2.18. The number of β-amino-alcohol motifs (C(OH)–C–C–N with tert-alkyl or cyclic N) is 1. The van der Waals surface area contributed by atoms with Crippen LogP contribution in [0.5, 0.6) is 0 Å². The van der Waals surface area contributed by atoms with Crippen molar-refractivity contribution < 1.29 is 9.90 Å². The highest BCUT2D eigenvalue weighted by Gasteiger charge is 2.29. The average molecular weight is 200 g/mol. The molecule has 2 N–H and O–H groups in total. The van der Waals surface area contributed by atoms with E-state index < -0.39 is 0 Å². The Morgan fingerprint density at radius 2 is 2.29 bits per heavy atom. The first-order valence-corrected chi connectivity index (χ1v) is 5.20. The number of carbonyl (C=O) groups excluding carboxylic acids is 1. The second-order valence-electron chi connectivity index (χ2n) is 4.12. The van der Waals surface area contributed by atoms with Gasteiger partial charge in [0, 0.05) is 13.6 Å². The van der Waals surface area contributed by atoms with E-state index in [0.29, 0.717) is 12.5 Å². The van der Waals surface area contributed by atoms with Crippen LogP contribution >= 0.6 is 0 Å². The third-order valence-corrected chi connectivity index (χ3v) is 3.12. The lowest BCUT2D eigenvalue weighted by atomic mass is 9.95. The molecule has 4 heteroatoms. The monoisotopic (exact) mass is 200 g/mol. The van der Waals surface area contributed by atoms with Gasteiger partial charge in [-0.05, 0) is 25.8 Å². The fourth-order valence-corrected chi connectivity index (χ4v) is 1.80. The zero-order valence-corrected chi connectivity index (χ0v) is 9.16. The summed E-state index contributed by atoms with van der Waals surface area (Å²) in [5.74, 6) is 0.370. The van der Waals surface area contributed by atoms with Gasteiger partial charge in [0.05, 0.1) is 12.1 Å². The number of aliphatic hydroxyl groups excluding tert-OH is 1. The molecule has 3 atom stereocenters. The van der Waals surface area contributed by atoms with Gasteiger partial charge in [-0.25, -0.2) is 0 Å². The van der Waals surface area contributed by atoms with Crippen molar-refractivity contribution in [2.75, 3.05) is 20.1 Å². The summed E-state index contributed by atoms with van der Waals surface area (Å²) in [6, 6.07) is -0.137. The maximum Gasteiger partial charge on any atom is 0.236 e. The zero-order chi connectivity index (χ0) is 10.7. The molecule has 0 aromatic carbocycles. The van der Waals surface area contributed by atoms with E-state index in [-0.39, 0.29) is 18.1 Å². The molecule has 0 aromatic rings. The number of nitrogens with one attached hydrogen (secondary N) is 1. The lowest BCUT2D eigenvalue weighted by Crippen LogP contribution is -2.51. The van der Waals surface area contributed by atoms with Gasteiger partial charge in [0.2, 0.25) is 5.91 Å². The molecule has 0 spiro atoms. The number of nitrogens with zero attached hydrogens (tertiary/aromatic N) is 1. The molecular weight excluding hydrogens is 180 g/mol. The number of carbonyl (C=O) groups is 1. The van der Waals surface area contributed by atoms with E-state index >= 15 is 0 Å². The quantitative estimate of drug-likeness (QED) is 0.650. The van der Waals surface area contributed by atoms with Gasteiger partial charge in [-0.3, -0.25) is 9.69 Å². The van der Waals surface area contributed by atoms with Gasteiger partial charge in [0.1, 0.15) is 0 Å². The molecule has 1 saturated heterocycles. The van der Waals surface area contributed by atoms with Crippen molar-refractivity contribution in [1.29, 1.82) is 0 Å². The summed E-state index contributed by atoms with van der Waals surface area (Å²) >= 11 is 0. The summed E-state index contributed by atoms with van der Waals surface area (Å²) in [5.41, 5.74) is 0. The van der Waals surface area contributed by atoms with E-state index in [9.17, 15) is 9.90 Å². The molecule has 0 aliphatic carbocycles. The minimum Gasteiger partial charge on any atom is -0.392 e. The highest BCUT2D eigenvalue weighted by atomic mass is 16.3. The summed E-state index contributed by atoms with van der Waals surface area (Å²) < 4.78 is 0. The molecular formula is C10H20N2O2. The minimum atomic E-state index is -0.296. The molecule has 0 saturated carbocycles. The predicted octanol–water partition coefficient (Wildman–Crippen LogP) is -0.176. The summed E-state index contributed by atoms with van der Waals surface area (Å²) in [4.78, 5) is 13.4. The Balaban J connectivity index is 2.50. The molecule has 4 nitrogen and oxygen atoms in total. The van der Waals surface area contributed by atoms with Crippen LogP contribution in [0.2, 0.25) is 0 Å². The first kappa shape index (κ1) is 11.5. The van der Waals surface area contributed by atoms with E-state index in [4.69, 9.17) is 0 Å². The van der Waals surface area contributed by atoms with Crippen molar-refractivity contribution in [2.45, 2.75) is 32.4 Å². The number of hydrogen-bond donors (Lipinski definition) is 2. The molecule has 0 radical (unpaired) electrons. The molecule has 3 unspecified atom stereocenters. The van der Waals surface area contributed by atoms with Crippen molar-refractivity contribution >= 4 is 5.91 Å². The fraction of sp³-hybridized carbons (Fsp3) is 0.900. The maximum absolute atomic E-state index is 11.4. The molecule has 0 bridgehead atoms. The first-order chi connectivity index (χ1) is 6.56. The molecule has 14 heavy (non-hydrogen) atoms. The Morgan fingerprint density at radius 3 is 2.79 bits per heavy atom. The third-order valence-electron chi connectivity index (χ3n) is 3.12. The van der Waals surface area contributed by atoms with Gasteiger partial charge < -0.3 is 10.4 Å². The Hall–Kier alpha value is -0.610. The van der Waals surface area contributed by atoms with Crippen LogP contribution in [0.3, 0.4) is 0 Å². The number of hydrogen-bond acceptors (Lipinski definition) is 3. The molecule has 82 valence electrons. The van der Waals surface area contributed by atoms with Crippen LogP contribution in [0.4, 0.5) is 0 Å². The normalized spacial score (nSPS) is 31.1. The van der Waals surface area contributed by atoms with Gasteiger partial charge in [-0.2, -0.15) is 0 Å². The number of likely N-dealkylation sites (N-methyl/N-ethyl adjacent to an activating group) is 1. The smallest absolute Gasteiger partial charge is 0.236 e. The minimum absolute atomic E-state index is 0.0201. The summed E-state index contributed by atoms with van der Waals surface area (Å²) in [6.45, 7) is 5.43. The van der Waals surface area contributed by atoms with Gasteiger partial charge in [0.15, 0.2) is 0 Å². The Morgan fingerprint density at radius 1 is 1.64 bits per heavy atom. The van der Waals surface area contributed by atoms with Gasteiger partial charge in [-0.1, -0.05) is 6.92 Å². The van der Waals surface area contributed by atoms with Crippen molar-refractivity contribution in [2.24, 2.45) is 5.92 Å². The molecule has 1 fully saturated rings. The molecule has 1 heterocycles. The first-order valence-electron chi connectivity index (χ1n) is 5.20. The average Bonchev–Trinajstić information content (AvgIpc) is 2.20. The fourth-order valence-electron chi connectivity index (χ4n) is 1.80. The summed E-state index contributed by atoms with van der Waals surface area (Å²) in [6.07, 6.45) is 0.665. The number of amides is 1. The molecule has 1 amide bonds. The van der Waals surface area contributed by atoms with Crippen molar-refractivity contribution in [3.8, 4) is 0 Å².